The quantitative estimate of drug-likeness (QED) is 0.572. The number of nitrogens with zero attached hydrogens (tertiary/aromatic N) is 5. The fraction of sp³-hybridized carbons (Fsp3) is 0.250. The lowest BCUT2D eigenvalue weighted by atomic mass is 10.1. The van der Waals surface area contributed by atoms with Gasteiger partial charge in [0.1, 0.15) is 11.3 Å². The van der Waals surface area contributed by atoms with Gasteiger partial charge in [-0.3, -0.25) is 14.9 Å². The lowest BCUT2D eigenvalue weighted by molar-refractivity contribution is 0.0792. The Morgan fingerprint density at radius 1 is 1.18 bits per heavy atom. The predicted molar refractivity (Wildman–Crippen MR) is 106 cm³/mol. The summed E-state index contributed by atoms with van der Waals surface area (Å²) in [6.07, 6.45) is 4.16. The second-order valence-electron chi connectivity index (χ2n) is 7.06. The summed E-state index contributed by atoms with van der Waals surface area (Å²) in [5.74, 6) is 0.798. The van der Waals surface area contributed by atoms with Crippen molar-refractivity contribution in [3.63, 3.8) is 0 Å². The van der Waals surface area contributed by atoms with Crippen molar-refractivity contribution in [1.82, 2.24) is 30.0 Å². The van der Waals surface area contributed by atoms with Crippen molar-refractivity contribution in [3.8, 4) is 0 Å². The number of aromatic amines is 1. The van der Waals surface area contributed by atoms with Crippen LogP contribution in [0.2, 0.25) is 0 Å². The van der Waals surface area contributed by atoms with Gasteiger partial charge in [-0.1, -0.05) is 0 Å². The fourth-order valence-corrected chi connectivity index (χ4v) is 3.66. The van der Waals surface area contributed by atoms with Crippen LogP contribution in [0.4, 0.5) is 5.82 Å². The molecule has 8 nitrogen and oxygen atoms in total. The van der Waals surface area contributed by atoms with E-state index in [1.165, 1.54) is 0 Å². The van der Waals surface area contributed by atoms with Crippen molar-refractivity contribution in [2.45, 2.75) is 19.4 Å². The molecule has 0 bridgehead atoms. The summed E-state index contributed by atoms with van der Waals surface area (Å²) in [5, 5.41) is 11.6. The number of hydrogen-bond acceptors (Lipinski definition) is 6. The molecule has 1 unspecified atom stereocenters. The van der Waals surface area contributed by atoms with E-state index in [0.717, 1.165) is 34.4 Å². The number of pyridine rings is 1. The Labute approximate surface area is 161 Å². The molecule has 1 aromatic carbocycles. The number of aryl methyl sites for hydroxylation is 1. The Kier molecular flexibility index (Phi) is 3.89. The van der Waals surface area contributed by atoms with E-state index in [9.17, 15) is 4.79 Å². The molecule has 140 valence electrons. The third-order valence-corrected chi connectivity index (χ3v) is 5.15. The molecule has 0 spiro atoms. The van der Waals surface area contributed by atoms with Gasteiger partial charge in [0.15, 0.2) is 5.65 Å². The number of aromatic nitrogens is 5. The van der Waals surface area contributed by atoms with Gasteiger partial charge < -0.3 is 10.2 Å². The minimum atomic E-state index is 0.0455. The van der Waals surface area contributed by atoms with Gasteiger partial charge in [0.25, 0.3) is 5.91 Å². The maximum atomic E-state index is 12.9. The summed E-state index contributed by atoms with van der Waals surface area (Å²) in [5.41, 5.74) is 3.91. The molecule has 0 radical (unpaired) electrons. The number of fused-ring (bicyclic) bond motifs is 2. The molecule has 4 heterocycles. The van der Waals surface area contributed by atoms with Crippen LogP contribution in [0.25, 0.3) is 22.1 Å². The first-order valence-corrected chi connectivity index (χ1v) is 9.26. The number of rotatable bonds is 3. The molecule has 0 aliphatic carbocycles. The van der Waals surface area contributed by atoms with E-state index >= 15 is 0 Å². The smallest absolute Gasteiger partial charge is 0.253 e. The van der Waals surface area contributed by atoms with E-state index in [1.807, 2.05) is 42.2 Å². The second kappa shape index (κ2) is 6.56. The van der Waals surface area contributed by atoms with Crippen molar-refractivity contribution >= 4 is 33.8 Å². The van der Waals surface area contributed by atoms with E-state index < -0.39 is 0 Å². The highest BCUT2D eigenvalue weighted by Crippen LogP contribution is 2.21. The number of likely N-dealkylation sites (tertiary alicyclic amines) is 1. The highest BCUT2D eigenvalue weighted by Gasteiger charge is 2.27. The third-order valence-electron chi connectivity index (χ3n) is 5.15. The van der Waals surface area contributed by atoms with Crippen molar-refractivity contribution in [2.24, 2.45) is 0 Å². The molecule has 1 fully saturated rings. The first-order chi connectivity index (χ1) is 13.7. The Morgan fingerprint density at radius 2 is 2.04 bits per heavy atom. The van der Waals surface area contributed by atoms with Gasteiger partial charge in [0.2, 0.25) is 0 Å². The first kappa shape index (κ1) is 16.6. The minimum Gasteiger partial charge on any atom is -0.365 e. The van der Waals surface area contributed by atoms with Crippen LogP contribution >= 0.6 is 0 Å². The molecule has 1 saturated heterocycles. The molecular weight excluding hydrogens is 354 g/mol. The van der Waals surface area contributed by atoms with E-state index in [1.54, 1.807) is 12.4 Å². The summed E-state index contributed by atoms with van der Waals surface area (Å²) >= 11 is 0. The van der Waals surface area contributed by atoms with Gasteiger partial charge in [0.05, 0.1) is 5.52 Å². The summed E-state index contributed by atoms with van der Waals surface area (Å²) in [6.45, 7) is 3.31. The Balaban J connectivity index is 1.30. The summed E-state index contributed by atoms with van der Waals surface area (Å²) in [6, 6.07) is 9.60. The van der Waals surface area contributed by atoms with Crippen LogP contribution in [-0.2, 0) is 0 Å². The molecule has 1 amide bonds. The predicted octanol–water partition coefficient (Wildman–Crippen LogP) is 2.54. The molecule has 0 saturated carbocycles. The zero-order chi connectivity index (χ0) is 19.1. The average molecular weight is 373 g/mol. The van der Waals surface area contributed by atoms with Gasteiger partial charge in [0, 0.05) is 48.2 Å². The zero-order valence-electron chi connectivity index (χ0n) is 15.4. The van der Waals surface area contributed by atoms with Crippen LogP contribution in [0.3, 0.4) is 0 Å². The number of amides is 1. The van der Waals surface area contributed by atoms with Gasteiger partial charge in [-0.25, -0.2) is 9.97 Å². The number of H-pyrrole nitrogens is 1. The Hall–Kier alpha value is -3.55. The van der Waals surface area contributed by atoms with Crippen molar-refractivity contribution < 1.29 is 4.79 Å². The molecular formula is C20H19N7O. The van der Waals surface area contributed by atoms with E-state index in [-0.39, 0.29) is 11.9 Å². The molecule has 2 N–H and O–H groups in total. The number of nitrogens with one attached hydrogen (secondary N) is 2. The topological polar surface area (TPSA) is 99.7 Å². The zero-order valence-corrected chi connectivity index (χ0v) is 15.4. The van der Waals surface area contributed by atoms with E-state index in [2.05, 4.69) is 30.5 Å². The second-order valence-corrected chi connectivity index (χ2v) is 7.06. The number of carbonyl (C=O) groups is 1. The first-order valence-electron chi connectivity index (χ1n) is 9.26. The average Bonchev–Trinajstić information content (AvgIpc) is 3.34. The van der Waals surface area contributed by atoms with E-state index in [0.29, 0.717) is 24.3 Å². The lowest BCUT2D eigenvalue weighted by Gasteiger charge is -2.17. The number of anilines is 1. The monoisotopic (exact) mass is 373 g/mol. The SMILES string of the molecule is Cc1[nH]nc2ccc(C(=O)N3CCC(Nc4ccc5nccnc5n4)C3)cc12. The summed E-state index contributed by atoms with van der Waals surface area (Å²) < 4.78 is 0. The maximum Gasteiger partial charge on any atom is 0.253 e. The fourth-order valence-electron chi connectivity index (χ4n) is 3.66. The van der Waals surface area contributed by atoms with Gasteiger partial charge in [-0.05, 0) is 43.7 Å². The van der Waals surface area contributed by atoms with Crippen molar-refractivity contribution in [3.05, 3.63) is 54.0 Å². The minimum absolute atomic E-state index is 0.0455. The molecule has 1 atom stereocenters. The molecule has 4 aromatic rings. The van der Waals surface area contributed by atoms with Crippen LogP contribution < -0.4 is 5.32 Å². The largest absolute Gasteiger partial charge is 0.365 e. The van der Waals surface area contributed by atoms with Gasteiger partial charge >= 0.3 is 0 Å². The highest BCUT2D eigenvalue weighted by molar-refractivity contribution is 5.98. The van der Waals surface area contributed by atoms with Crippen molar-refractivity contribution in [2.75, 3.05) is 18.4 Å². The molecule has 1 aliphatic rings. The molecule has 3 aromatic heterocycles. The lowest BCUT2D eigenvalue weighted by Crippen LogP contribution is -2.31. The molecule has 5 rings (SSSR count). The van der Waals surface area contributed by atoms with Crippen LogP contribution in [0.5, 0.6) is 0 Å². The molecule has 28 heavy (non-hydrogen) atoms. The maximum absolute atomic E-state index is 12.9. The normalized spacial score (nSPS) is 16.8. The number of benzene rings is 1. The number of carbonyl (C=O) groups excluding carboxylic acids is 1. The van der Waals surface area contributed by atoms with Crippen LogP contribution in [0, 0.1) is 6.92 Å². The third kappa shape index (κ3) is 2.92. The van der Waals surface area contributed by atoms with Crippen LogP contribution in [0.15, 0.2) is 42.7 Å². The van der Waals surface area contributed by atoms with E-state index in [4.69, 9.17) is 0 Å². The Bertz CT molecular complexity index is 1190. The van der Waals surface area contributed by atoms with Crippen LogP contribution in [-0.4, -0.2) is 55.1 Å². The summed E-state index contributed by atoms with van der Waals surface area (Å²) in [4.78, 5) is 27.8. The standard InChI is InChI=1S/C20H19N7O/c1-12-15-10-13(2-3-16(15)26-25-12)20(28)27-9-6-14(11-27)23-18-5-4-17-19(24-18)22-8-7-21-17/h2-5,7-8,10,14H,6,9,11H2,1H3,(H,25,26)(H,22,23,24). The number of hydrogen-bond donors (Lipinski definition) is 2. The summed E-state index contributed by atoms with van der Waals surface area (Å²) in [7, 11) is 0. The van der Waals surface area contributed by atoms with Gasteiger partial charge in [-0.15, -0.1) is 0 Å². The van der Waals surface area contributed by atoms with Crippen LogP contribution in [0.1, 0.15) is 22.5 Å². The van der Waals surface area contributed by atoms with Gasteiger partial charge in [-0.2, -0.15) is 5.10 Å². The Morgan fingerprint density at radius 3 is 2.96 bits per heavy atom. The highest BCUT2D eigenvalue weighted by atomic mass is 16.2. The molecule has 1 aliphatic heterocycles. The van der Waals surface area contributed by atoms with Crippen molar-refractivity contribution in [1.29, 1.82) is 0 Å². The molecule has 8 heteroatoms.